The Hall–Kier alpha value is -1.33. The summed E-state index contributed by atoms with van der Waals surface area (Å²) in [6, 6.07) is 8.55. The summed E-state index contributed by atoms with van der Waals surface area (Å²) in [6.45, 7) is 0. The Balaban J connectivity index is 1.83. The predicted octanol–water partition coefficient (Wildman–Crippen LogP) is 1.92. The van der Waals surface area contributed by atoms with Gasteiger partial charge in [-0.2, -0.15) is 5.10 Å². The number of benzene rings is 1. The standard InChI is InChI=1S/C13H16N4S/c1-17-13(15-8-16-17)18-11-7-6-9-4-2-3-5-10(9)12(11)14/h2-5,8,11-12H,6-7,14H2,1H3. The number of thioether (sulfide) groups is 1. The van der Waals surface area contributed by atoms with Crippen LogP contribution >= 0.6 is 11.8 Å². The molecule has 94 valence electrons. The Morgan fingerprint density at radius 2 is 2.22 bits per heavy atom. The van der Waals surface area contributed by atoms with Crippen molar-refractivity contribution in [3.63, 3.8) is 0 Å². The van der Waals surface area contributed by atoms with Crippen molar-refractivity contribution >= 4 is 11.8 Å². The van der Waals surface area contributed by atoms with Gasteiger partial charge in [-0.3, -0.25) is 0 Å². The van der Waals surface area contributed by atoms with Gasteiger partial charge in [-0.25, -0.2) is 9.67 Å². The van der Waals surface area contributed by atoms with E-state index < -0.39 is 0 Å². The van der Waals surface area contributed by atoms with E-state index in [-0.39, 0.29) is 6.04 Å². The van der Waals surface area contributed by atoms with Crippen LogP contribution in [-0.2, 0) is 13.5 Å². The van der Waals surface area contributed by atoms with Gasteiger partial charge in [-0.15, -0.1) is 0 Å². The monoisotopic (exact) mass is 260 g/mol. The molecule has 3 rings (SSSR count). The Labute approximate surface area is 111 Å². The number of fused-ring (bicyclic) bond motifs is 1. The molecule has 2 N–H and O–H groups in total. The van der Waals surface area contributed by atoms with Gasteiger partial charge in [0, 0.05) is 18.3 Å². The highest BCUT2D eigenvalue weighted by molar-refractivity contribution is 7.99. The maximum Gasteiger partial charge on any atom is 0.186 e. The van der Waals surface area contributed by atoms with Crippen molar-refractivity contribution in [1.82, 2.24) is 14.8 Å². The summed E-state index contributed by atoms with van der Waals surface area (Å²) in [4.78, 5) is 4.26. The average Bonchev–Trinajstić information content (AvgIpc) is 2.79. The zero-order chi connectivity index (χ0) is 12.5. The third kappa shape index (κ3) is 2.04. The maximum atomic E-state index is 6.38. The minimum Gasteiger partial charge on any atom is -0.323 e. The van der Waals surface area contributed by atoms with Crippen molar-refractivity contribution in [2.24, 2.45) is 12.8 Å². The van der Waals surface area contributed by atoms with Crippen LogP contribution in [0.5, 0.6) is 0 Å². The van der Waals surface area contributed by atoms with Crippen molar-refractivity contribution in [2.45, 2.75) is 29.3 Å². The first-order valence-corrected chi connectivity index (χ1v) is 6.97. The summed E-state index contributed by atoms with van der Waals surface area (Å²) < 4.78 is 1.80. The van der Waals surface area contributed by atoms with Crippen LogP contribution in [0.4, 0.5) is 0 Å². The Bertz CT molecular complexity index is 551. The normalized spacial score (nSPS) is 22.8. The molecule has 2 atom stereocenters. The van der Waals surface area contributed by atoms with Crippen molar-refractivity contribution < 1.29 is 0 Å². The SMILES string of the molecule is Cn1ncnc1SC1CCc2ccccc2C1N. The van der Waals surface area contributed by atoms with Gasteiger partial charge >= 0.3 is 0 Å². The highest BCUT2D eigenvalue weighted by atomic mass is 32.2. The van der Waals surface area contributed by atoms with Crippen LogP contribution in [0, 0.1) is 0 Å². The van der Waals surface area contributed by atoms with E-state index >= 15 is 0 Å². The molecule has 0 aliphatic heterocycles. The maximum absolute atomic E-state index is 6.38. The molecule has 0 saturated carbocycles. The highest BCUT2D eigenvalue weighted by Gasteiger charge is 2.28. The van der Waals surface area contributed by atoms with E-state index in [2.05, 4.69) is 34.3 Å². The van der Waals surface area contributed by atoms with Crippen LogP contribution in [0.3, 0.4) is 0 Å². The summed E-state index contributed by atoms with van der Waals surface area (Å²) in [7, 11) is 1.91. The molecule has 0 spiro atoms. The number of rotatable bonds is 2. The quantitative estimate of drug-likeness (QED) is 0.896. The first-order chi connectivity index (χ1) is 8.75. The minimum absolute atomic E-state index is 0.0802. The molecule has 0 saturated heterocycles. The first-order valence-electron chi connectivity index (χ1n) is 6.10. The molecule has 1 aliphatic carbocycles. The molecule has 1 aromatic carbocycles. The molecular formula is C13H16N4S. The van der Waals surface area contributed by atoms with Gasteiger partial charge in [0.25, 0.3) is 0 Å². The first kappa shape index (κ1) is 11.7. The van der Waals surface area contributed by atoms with Gasteiger partial charge in [0.1, 0.15) is 6.33 Å². The number of aryl methyl sites for hydroxylation is 2. The van der Waals surface area contributed by atoms with Crippen LogP contribution in [0.25, 0.3) is 0 Å². The van der Waals surface area contributed by atoms with Crippen LogP contribution in [0.2, 0.25) is 0 Å². The number of aromatic nitrogens is 3. The second kappa shape index (κ2) is 4.74. The van der Waals surface area contributed by atoms with Gasteiger partial charge < -0.3 is 5.73 Å². The fourth-order valence-electron chi connectivity index (χ4n) is 2.42. The van der Waals surface area contributed by atoms with E-state index in [4.69, 9.17) is 5.73 Å². The molecule has 1 aliphatic rings. The number of nitrogens with two attached hydrogens (primary N) is 1. The third-order valence-electron chi connectivity index (χ3n) is 3.44. The lowest BCUT2D eigenvalue weighted by molar-refractivity contribution is 0.581. The molecule has 1 heterocycles. The van der Waals surface area contributed by atoms with E-state index in [1.807, 2.05) is 7.05 Å². The molecule has 2 unspecified atom stereocenters. The number of hydrogen-bond acceptors (Lipinski definition) is 4. The fraction of sp³-hybridized carbons (Fsp3) is 0.385. The van der Waals surface area contributed by atoms with Crippen LogP contribution < -0.4 is 5.73 Å². The molecule has 5 heteroatoms. The largest absolute Gasteiger partial charge is 0.323 e. The van der Waals surface area contributed by atoms with Gasteiger partial charge in [0.05, 0.1) is 0 Å². The number of nitrogens with zero attached hydrogens (tertiary/aromatic N) is 3. The third-order valence-corrected chi connectivity index (χ3v) is 4.85. The summed E-state index contributed by atoms with van der Waals surface area (Å²) in [5, 5.41) is 5.41. The Morgan fingerprint density at radius 3 is 3.00 bits per heavy atom. The summed E-state index contributed by atoms with van der Waals surface area (Å²) in [6.07, 6.45) is 3.78. The van der Waals surface area contributed by atoms with E-state index in [0.29, 0.717) is 5.25 Å². The fourth-order valence-corrected chi connectivity index (χ4v) is 3.53. The summed E-state index contributed by atoms with van der Waals surface area (Å²) in [5.41, 5.74) is 9.05. The van der Waals surface area contributed by atoms with Gasteiger partial charge in [0.15, 0.2) is 5.16 Å². The summed E-state index contributed by atoms with van der Waals surface area (Å²) in [5.74, 6) is 0. The zero-order valence-electron chi connectivity index (χ0n) is 10.3. The van der Waals surface area contributed by atoms with Crippen molar-refractivity contribution in [1.29, 1.82) is 0 Å². The molecule has 0 fully saturated rings. The lowest BCUT2D eigenvalue weighted by Crippen LogP contribution is -2.29. The molecule has 0 amide bonds. The van der Waals surface area contributed by atoms with E-state index in [1.165, 1.54) is 11.1 Å². The van der Waals surface area contributed by atoms with Crippen molar-refractivity contribution in [3.05, 3.63) is 41.7 Å². The lowest BCUT2D eigenvalue weighted by Gasteiger charge is -2.30. The smallest absolute Gasteiger partial charge is 0.186 e. The highest BCUT2D eigenvalue weighted by Crippen LogP contribution is 2.37. The molecular weight excluding hydrogens is 244 g/mol. The molecule has 0 bridgehead atoms. The summed E-state index contributed by atoms with van der Waals surface area (Å²) >= 11 is 1.73. The molecule has 0 radical (unpaired) electrons. The van der Waals surface area contributed by atoms with Crippen LogP contribution in [0.15, 0.2) is 35.7 Å². The van der Waals surface area contributed by atoms with Crippen LogP contribution in [-0.4, -0.2) is 20.0 Å². The van der Waals surface area contributed by atoms with E-state index in [0.717, 1.165) is 18.0 Å². The molecule has 2 aromatic rings. The molecule has 18 heavy (non-hydrogen) atoms. The predicted molar refractivity (Wildman–Crippen MR) is 72.3 cm³/mol. The van der Waals surface area contributed by atoms with Crippen molar-refractivity contribution in [3.8, 4) is 0 Å². The topological polar surface area (TPSA) is 56.7 Å². The second-order valence-corrected chi connectivity index (χ2v) is 5.79. The van der Waals surface area contributed by atoms with Gasteiger partial charge in [0.2, 0.25) is 0 Å². The van der Waals surface area contributed by atoms with Crippen LogP contribution in [0.1, 0.15) is 23.6 Å². The molecule has 1 aromatic heterocycles. The number of hydrogen-bond donors (Lipinski definition) is 1. The zero-order valence-corrected chi connectivity index (χ0v) is 11.1. The Morgan fingerprint density at radius 1 is 1.39 bits per heavy atom. The van der Waals surface area contributed by atoms with E-state index in [1.54, 1.807) is 22.8 Å². The second-order valence-electron chi connectivity index (χ2n) is 4.59. The Kier molecular flexibility index (Phi) is 3.09. The van der Waals surface area contributed by atoms with Gasteiger partial charge in [-0.05, 0) is 24.0 Å². The van der Waals surface area contributed by atoms with Crippen molar-refractivity contribution in [2.75, 3.05) is 0 Å². The molecule has 4 nitrogen and oxygen atoms in total. The lowest BCUT2D eigenvalue weighted by atomic mass is 9.88. The minimum atomic E-state index is 0.0802. The van der Waals surface area contributed by atoms with E-state index in [9.17, 15) is 0 Å². The van der Waals surface area contributed by atoms with Gasteiger partial charge in [-0.1, -0.05) is 36.0 Å². The average molecular weight is 260 g/mol.